The van der Waals surface area contributed by atoms with E-state index >= 15 is 0 Å². The number of hydrogen-bond acceptors (Lipinski definition) is 7. The van der Waals surface area contributed by atoms with Crippen molar-refractivity contribution in [3.8, 4) is 0 Å². The summed E-state index contributed by atoms with van der Waals surface area (Å²) < 4.78 is 46.5. The van der Waals surface area contributed by atoms with Crippen molar-refractivity contribution in [2.75, 3.05) is 33.0 Å². The van der Waals surface area contributed by atoms with Crippen LogP contribution in [0.25, 0.3) is 10.4 Å². The van der Waals surface area contributed by atoms with Gasteiger partial charge in [-0.05, 0) is 33.2 Å². The van der Waals surface area contributed by atoms with E-state index in [-0.39, 0.29) is 33.0 Å². The molecule has 0 rings (SSSR count). The molecule has 0 heterocycles. The Kier molecular flexibility index (Phi) is 10.2. The summed E-state index contributed by atoms with van der Waals surface area (Å²) in [5.41, 5.74) is 8.48. The van der Waals surface area contributed by atoms with Crippen LogP contribution < -0.4 is 0 Å². The minimum Gasteiger partial charge on any atom is -0.308 e. The molecule has 0 N–H and O–H groups in total. The van der Waals surface area contributed by atoms with Gasteiger partial charge in [0.05, 0.1) is 33.0 Å². The normalized spacial score (nSPS) is 12.4. The molecule has 0 bridgehead atoms. The fourth-order valence-electron chi connectivity index (χ4n) is 1.62. The zero-order valence-corrected chi connectivity index (χ0v) is 14.6. The fraction of sp³-hybridized carbons (Fsp3) is 1.00. The Balaban J connectivity index is 5.73. The highest BCUT2D eigenvalue weighted by Crippen LogP contribution is 2.70. The van der Waals surface area contributed by atoms with E-state index in [1.807, 2.05) is 0 Å². The zero-order valence-electron chi connectivity index (χ0n) is 12.8. The van der Waals surface area contributed by atoms with Crippen LogP contribution in [-0.2, 0) is 27.2 Å². The van der Waals surface area contributed by atoms with Gasteiger partial charge < -0.3 is 18.1 Å². The highest BCUT2D eigenvalue weighted by Gasteiger charge is 2.50. The second-order valence-corrected chi connectivity index (χ2v) is 8.49. The predicted molar refractivity (Wildman–Crippen MR) is 79.5 cm³/mol. The molecule has 0 saturated carbocycles. The third-order valence-corrected chi connectivity index (χ3v) is 8.23. The topological polar surface area (TPSA) is 120 Å². The monoisotopic (exact) mass is 343 g/mol. The molecule has 21 heavy (non-hydrogen) atoms. The maximum Gasteiger partial charge on any atom is 0.345 e. The Morgan fingerprint density at radius 1 is 0.905 bits per heavy atom. The number of hydrogen-bond donors (Lipinski definition) is 0. The second kappa shape index (κ2) is 10.4. The zero-order chi connectivity index (χ0) is 16.4. The van der Waals surface area contributed by atoms with Crippen molar-refractivity contribution in [2.24, 2.45) is 5.11 Å². The van der Waals surface area contributed by atoms with Crippen LogP contribution >= 0.6 is 15.2 Å². The van der Waals surface area contributed by atoms with Crippen LogP contribution in [0.3, 0.4) is 0 Å². The van der Waals surface area contributed by atoms with Crippen molar-refractivity contribution in [3.05, 3.63) is 10.4 Å². The van der Waals surface area contributed by atoms with E-state index in [2.05, 4.69) is 10.0 Å². The van der Waals surface area contributed by atoms with Crippen LogP contribution in [0.1, 0.15) is 27.7 Å². The Morgan fingerprint density at radius 3 is 1.48 bits per heavy atom. The van der Waals surface area contributed by atoms with Gasteiger partial charge in [0, 0.05) is 4.91 Å². The quantitative estimate of drug-likeness (QED) is 0.227. The first-order valence-electron chi connectivity index (χ1n) is 6.72. The Hall–Kier alpha value is -0.390. The van der Waals surface area contributed by atoms with Crippen LogP contribution in [0.5, 0.6) is 0 Å². The molecule has 0 spiro atoms. The molecule has 0 aromatic rings. The van der Waals surface area contributed by atoms with Crippen molar-refractivity contribution in [1.82, 2.24) is 0 Å². The number of rotatable bonds is 12. The lowest BCUT2D eigenvalue weighted by Crippen LogP contribution is -2.20. The Morgan fingerprint density at radius 2 is 1.24 bits per heavy atom. The molecule has 9 nitrogen and oxygen atoms in total. The summed E-state index contributed by atoms with van der Waals surface area (Å²) >= 11 is 0. The van der Waals surface area contributed by atoms with Crippen molar-refractivity contribution >= 4 is 15.2 Å². The number of nitrogens with zero attached hydrogens (tertiary/aromatic N) is 3. The molecule has 0 radical (unpaired) electrons. The van der Waals surface area contributed by atoms with Gasteiger partial charge in [-0.2, -0.15) is 0 Å². The van der Waals surface area contributed by atoms with Gasteiger partial charge in [0.2, 0.25) is 0 Å². The van der Waals surface area contributed by atoms with Gasteiger partial charge in [0.15, 0.2) is 5.40 Å². The van der Waals surface area contributed by atoms with Gasteiger partial charge in [-0.3, -0.25) is 9.13 Å². The smallest absolute Gasteiger partial charge is 0.308 e. The van der Waals surface area contributed by atoms with Crippen LogP contribution in [0.4, 0.5) is 0 Å². The highest BCUT2D eigenvalue weighted by molar-refractivity contribution is 7.72. The molecule has 0 unspecified atom stereocenters. The summed E-state index contributed by atoms with van der Waals surface area (Å²) in [5, 5.41) is 2.06. The summed E-state index contributed by atoms with van der Waals surface area (Å²) in [6.07, 6.45) is 0. The average Bonchev–Trinajstić information content (AvgIpc) is 2.40. The Labute approximate surface area is 125 Å². The molecule has 0 aliphatic heterocycles. The highest BCUT2D eigenvalue weighted by atomic mass is 31.2. The van der Waals surface area contributed by atoms with Gasteiger partial charge in [-0.25, -0.2) is 0 Å². The molecule has 0 saturated heterocycles. The van der Waals surface area contributed by atoms with Crippen molar-refractivity contribution < 1.29 is 27.2 Å². The first-order chi connectivity index (χ1) is 9.94. The van der Waals surface area contributed by atoms with Crippen molar-refractivity contribution in [3.63, 3.8) is 0 Å². The first-order valence-corrected chi connectivity index (χ1v) is 9.94. The van der Waals surface area contributed by atoms with E-state index in [1.165, 1.54) is 0 Å². The van der Waals surface area contributed by atoms with E-state index in [1.54, 1.807) is 27.7 Å². The molecule has 124 valence electrons. The van der Waals surface area contributed by atoms with Gasteiger partial charge in [-0.15, -0.1) is 0 Å². The van der Waals surface area contributed by atoms with Crippen molar-refractivity contribution in [1.29, 1.82) is 0 Å². The summed E-state index contributed by atoms with van der Waals surface area (Å²) in [4.78, 5) is 2.60. The Bertz CT molecular complexity index is 391. The average molecular weight is 343 g/mol. The van der Waals surface area contributed by atoms with E-state index in [0.29, 0.717) is 0 Å². The lowest BCUT2D eigenvalue weighted by atomic mass is 10.8. The number of azide groups is 1. The maximum atomic E-state index is 12.9. The molecule has 0 aromatic carbocycles. The fourth-order valence-corrected chi connectivity index (χ4v) is 6.63. The SMILES string of the molecule is CCOP(=O)(OCC)C(CN=[N+]=[N-])P(=O)(OCC)OCC. The van der Waals surface area contributed by atoms with Crippen LogP contribution in [-0.4, -0.2) is 38.4 Å². The molecular weight excluding hydrogens is 320 g/mol. The molecule has 0 fully saturated rings. The molecular formula is C10H23N3O6P2. The standard InChI is InChI=1S/C10H23N3O6P2/c1-5-16-20(14,17-6-2)10(9-12-13-11)21(15,18-7-3)19-8-4/h10H,5-9H2,1-4H3. The van der Waals surface area contributed by atoms with Crippen molar-refractivity contribution in [2.45, 2.75) is 33.1 Å². The largest absolute Gasteiger partial charge is 0.345 e. The van der Waals surface area contributed by atoms with Crippen LogP contribution in [0, 0.1) is 0 Å². The maximum absolute atomic E-state index is 12.9. The minimum absolute atomic E-state index is 0.0856. The van der Waals surface area contributed by atoms with Gasteiger partial charge in [0.1, 0.15) is 0 Å². The second-order valence-electron chi connectivity index (χ2n) is 3.64. The van der Waals surface area contributed by atoms with Crippen LogP contribution in [0.15, 0.2) is 5.11 Å². The molecule has 0 aromatic heterocycles. The molecule has 11 heteroatoms. The third-order valence-electron chi connectivity index (χ3n) is 2.27. The molecule has 0 atom stereocenters. The molecule has 0 amide bonds. The van der Waals surface area contributed by atoms with Gasteiger partial charge in [-0.1, -0.05) is 5.11 Å². The van der Waals surface area contributed by atoms with Gasteiger partial charge >= 0.3 is 15.2 Å². The first kappa shape index (κ1) is 20.6. The third kappa shape index (κ3) is 6.09. The summed E-state index contributed by atoms with van der Waals surface area (Å²) in [7, 11) is -7.64. The summed E-state index contributed by atoms with van der Waals surface area (Å²) in [6, 6.07) is 0. The minimum atomic E-state index is -3.82. The van der Waals surface area contributed by atoms with E-state index in [0.717, 1.165) is 0 Å². The summed E-state index contributed by atoms with van der Waals surface area (Å²) in [5.74, 6) is 0. The lowest BCUT2D eigenvalue weighted by molar-refractivity contribution is 0.196. The predicted octanol–water partition coefficient (Wildman–Crippen LogP) is 4.16. The lowest BCUT2D eigenvalue weighted by Gasteiger charge is -2.30. The molecule has 0 aliphatic carbocycles. The van der Waals surface area contributed by atoms with E-state index < -0.39 is 20.6 Å². The van der Waals surface area contributed by atoms with E-state index in [9.17, 15) is 9.13 Å². The molecule has 0 aliphatic rings. The van der Waals surface area contributed by atoms with Gasteiger partial charge in [0.25, 0.3) is 0 Å². The summed E-state index contributed by atoms with van der Waals surface area (Å²) in [6.45, 7) is 6.48. The van der Waals surface area contributed by atoms with Crippen LogP contribution in [0.2, 0.25) is 0 Å². The van der Waals surface area contributed by atoms with E-state index in [4.69, 9.17) is 23.6 Å².